The Bertz CT molecular complexity index is 654. The molecule has 6 heteroatoms. The van der Waals surface area contributed by atoms with Gasteiger partial charge < -0.3 is 9.88 Å². The Morgan fingerprint density at radius 2 is 2.12 bits per heavy atom. The number of nitrogens with one attached hydrogen (secondary N) is 1. The van der Waals surface area contributed by atoms with Gasteiger partial charge >= 0.3 is 0 Å². The van der Waals surface area contributed by atoms with E-state index < -0.39 is 0 Å². The number of hydrogen-bond acceptors (Lipinski definition) is 4. The van der Waals surface area contributed by atoms with E-state index in [1.165, 1.54) is 17.3 Å². The van der Waals surface area contributed by atoms with E-state index in [4.69, 9.17) is 0 Å². The maximum absolute atomic E-state index is 11.8. The second kappa shape index (κ2) is 9.93. The molecule has 0 aliphatic heterocycles. The van der Waals surface area contributed by atoms with Crippen molar-refractivity contribution < 1.29 is 4.79 Å². The number of amides is 1. The molecule has 24 heavy (non-hydrogen) atoms. The van der Waals surface area contributed by atoms with Gasteiger partial charge in [0.2, 0.25) is 5.91 Å². The first-order valence-electron chi connectivity index (χ1n) is 8.21. The van der Waals surface area contributed by atoms with Crippen LogP contribution in [0.4, 0.5) is 0 Å². The molecule has 0 spiro atoms. The zero-order valence-electron chi connectivity index (χ0n) is 14.1. The summed E-state index contributed by atoms with van der Waals surface area (Å²) in [6.45, 7) is 7.27. The van der Waals surface area contributed by atoms with E-state index in [1.807, 2.05) is 28.8 Å². The average Bonchev–Trinajstić information content (AvgIpc) is 2.96. The largest absolute Gasteiger partial charge is 0.355 e. The van der Waals surface area contributed by atoms with E-state index in [0.717, 1.165) is 30.4 Å². The van der Waals surface area contributed by atoms with Crippen LogP contribution in [-0.4, -0.2) is 33.0 Å². The molecule has 0 saturated carbocycles. The Kier molecular flexibility index (Phi) is 7.55. The van der Waals surface area contributed by atoms with E-state index in [0.29, 0.717) is 18.7 Å². The Morgan fingerprint density at radius 3 is 2.83 bits per heavy atom. The molecule has 1 amide bonds. The summed E-state index contributed by atoms with van der Waals surface area (Å²) in [5, 5.41) is 12.2. The summed E-state index contributed by atoms with van der Waals surface area (Å²) in [5.41, 5.74) is 1.18. The van der Waals surface area contributed by atoms with E-state index in [-0.39, 0.29) is 5.91 Å². The molecule has 0 radical (unpaired) electrons. The van der Waals surface area contributed by atoms with Crippen LogP contribution in [0.5, 0.6) is 0 Å². The van der Waals surface area contributed by atoms with Crippen molar-refractivity contribution in [2.75, 3.05) is 12.3 Å². The molecule has 0 fully saturated rings. The Hall–Kier alpha value is -2.08. The van der Waals surface area contributed by atoms with Crippen molar-refractivity contribution in [2.24, 2.45) is 0 Å². The maximum atomic E-state index is 11.8. The highest BCUT2D eigenvalue weighted by Crippen LogP contribution is 2.18. The number of thioether (sulfide) groups is 1. The lowest BCUT2D eigenvalue weighted by Gasteiger charge is -2.08. The number of rotatable bonds is 10. The standard InChI is InChI=1S/C18H24N4OS/c1-3-5-11-19-17(23)14-24-18-21-20-16(22(18)12-4-2)13-15-9-7-6-8-10-15/h4,6-10H,2-3,5,11-14H2,1H3,(H,19,23). The molecule has 0 atom stereocenters. The van der Waals surface area contributed by atoms with Crippen LogP contribution >= 0.6 is 11.8 Å². The van der Waals surface area contributed by atoms with Gasteiger partial charge in [0.15, 0.2) is 5.16 Å². The van der Waals surface area contributed by atoms with Gasteiger partial charge in [-0.25, -0.2) is 0 Å². The van der Waals surface area contributed by atoms with Crippen molar-refractivity contribution >= 4 is 17.7 Å². The quantitative estimate of drug-likeness (QED) is 0.409. The molecule has 1 aromatic heterocycles. The molecule has 0 aliphatic rings. The topological polar surface area (TPSA) is 59.8 Å². The zero-order chi connectivity index (χ0) is 17.2. The molecule has 2 rings (SSSR count). The summed E-state index contributed by atoms with van der Waals surface area (Å²) in [4.78, 5) is 11.8. The Morgan fingerprint density at radius 1 is 1.33 bits per heavy atom. The molecule has 0 unspecified atom stereocenters. The third-order valence-corrected chi connectivity index (χ3v) is 4.46. The third kappa shape index (κ3) is 5.53. The number of unbranched alkanes of at least 4 members (excludes halogenated alkanes) is 1. The van der Waals surface area contributed by atoms with Crippen LogP contribution in [0, 0.1) is 0 Å². The molecule has 0 aliphatic carbocycles. The van der Waals surface area contributed by atoms with Crippen LogP contribution in [0.1, 0.15) is 31.2 Å². The van der Waals surface area contributed by atoms with Crippen LogP contribution in [0.2, 0.25) is 0 Å². The number of allylic oxidation sites excluding steroid dienone is 1. The smallest absolute Gasteiger partial charge is 0.230 e. The van der Waals surface area contributed by atoms with Gasteiger partial charge in [0.05, 0.1) is 5.75 Å². The van der Waals surface area contributed by atoms with Gasteiger partial charge in [-0.3, -0.25) is 4.79 Å². The maximum Gasteiger partial charge on any atom is 0.230 e. The summed E-state index contributed by atoms with van der Waals surface area (Å²) >= 11 is 1.41. The lowest BCUT2D eigenvalue weighted by molar-refractivity contribution is -0.118. The molecule has 2 aromatic rings. The third-order valence-electron chi connectivity index (χ3n) is 3.50. The summed E-state index contributed by atoms with van der Waals surface area (Å²) in [6.07, 6.45) is 4.61. The minimum Gasteiger partial charge on any atom is -0.355 e. The van der Waals surface area contributed by atoms with Crippen molar-refractivity contribution in [3.8, 4) is 0 Å². The summed E-state index contributed by atoms with van der Waals surface area (Å²) in [6, 6.07) is 10.2. The van der Waals surface area contributed by atoms with Crippen molar-refractivity contribution in [1.29, 1.82) is 0 Å². The fourth-order valence-corrected chi connectivity index (χ4v) is 3.03. The first-order chi connectivity index (χ1) is 11.7. The Balaban J connectivity index is 1.99. The van der Waals surface area contributed by atoms with Crippen LogP contribution in [0.3, 0.4) is 0 Å². The first kappa shape index (κ1) is 18.3. The van der Waals surface area contributed by atoms with Crippen molar-refractivity contribution in [3.63, 3.8) is 0 Å². The van der Waals surface area contributed by atoms with Crippen molar-refractivity contribution in [2.45, 2.75) is 37.9 Å². The van der Waals surface area contributed by atoms with E-state index in [1.54, 1.807) is 0 Å². The molecule has 5 nitrogen and oxygen atoms in total. The molecule has 1 aromatic carbocycles. The first-order valence-corrected chi connectivity index (χ1v) is 9.19. The summed E-state index contributed by atoms with van der Waals surface area (Å²) in [7, 11) is 0. The minimum absolute atomic E-state index is 0.0335. The van der Waals surface area contributed by atoms with Crippen molar-refractivity contribution in [1.82, 2.24) is 20.1 Å². The number of hydrogen-bond donors (Lipinski definition) is 1. The van der Waals surface area contributed by atoms with Gasteiger partial charge in [-0.2, -0.15) is 0 Å². The van der Waals surface area contributed by atoms with E-state index in [9.17, 15) is 4.79 Å². The predicted molar refractivity (Wildman–Crippen MR) is 98.1 cm³/mol. The number of benzene rings is 1. The highest BCUT2D eigenvalue weighted by molar-refractivity contribution is 7.99. The molecule has 0 saturated heterocycles. The second-order valence-electron chi connectivity index (χ2n) is 5.45. The summed E-state index contributed by atoms with van der Waals surface area (Å²) in [5.74, 6) is 1.27. The van der Waals surface area contributed by atoms with E-state index in [2.05, 4.69) is 41.1 Å². The zero-order valence-corrected chi connectivity index (χ0v) is 14.9. The molecular formula is C18H24N4OS. The molecule has 1 heterocycles. The number of nitrogens with zero attached hydrogens (tertiary/aromatic N) is 3. The van der Waals surface area contributed by atoms with Gasteiger partial charge in [-0.05, 0) is 12.0 Å². The normalized spacial score (nSPS) is 10.5. The monoisotopic (exact) mass is 344 g/mol. The highest BCUT2D eigenvalue weighted by atomic mass is 32.2. The minimum atomic E-state index is 0.0335. The Labute approximate surface area is 147 Å². The predicted octanol–water partition coefficient (Wildman–Crippen LogP) is 3.06. The fourth-order valence-electron chi connectivity index (χ4n) is 2.23. The fraction of sp³-hybridized carbons (Fsp3) is 0.389. The number of aromatic nitrogens is 3. The van der Waals surface area contributed by atoms with Crippen LogP contribution in [-0.2, 0) is 17.8 Å². The van der Waals surface area contributed by atoms with Crippen LogP contribution < -0.4 is 5.32 Å². The van der Waals surface area contributed by atoms with Crippen molar-refractivity contribution in [3.05, 3.63) is 54.4 Å². The lowest BCUT2D eigenvalue weighted by atomic mass is 10.1. The number of carbonyl (C=O) groups is 1. The molecule has 1 N–H and O–H groups in total. The van der Waals surface area contributed by atoms with Crippen LogP contribution in [0.15, 0.2) is 48.1 Å². The lowest BCUT2D eigenvalue weighted by Crippen LogP contribution is -2.26. The van der Waals surface area contributed by atoms with E-state index >= 15 is 0 Å². The SMILES string of the molecule is C=CCn1c(Cc2ccccc2)nnc1SCC(=O)NCCCC. The van der Waals surface area contributed by atoms with Gasteiger partial charge in [-0.15, -0.1) is 16.8 Å². The van der Waals surface area contributed by atoms with Gasteiger partial charge in [0.1, 0.15) is 5.82 Å². The van der Waals surface area contributed by atoms with Gasteiger partial charge in [-0.1, -0.05) is 61.5 Å². The molecule has 128 valence electrons. The average molecular weight is 344 g/mol. The second-order valence-corrected chi connectivity index (χ2v) is 6.40. The summed E-state index contributed by atoms with van der Waals surface area (Å²) < 4.78 is 2.02. The molecular weight excluding hydrogens is 320 g/mol. The van der Waals surface area contributed by atoms with Gasteiger partial charge in [0.25, 0.3) is 0 Å². The highest BCUT2D eigenvalue weighted by Gasteiger charge is 2.13. The van der Waals surface area contributed by atoms with Gasteiger partial charge in [0, 0.05) is 19.5 Å². The van der Waals surface area contributed by atoms with Crippen LogP contribution in [0.25, 0.3) is 0 Å². The molecule has 0 bridgehead atoms. The number of carbonyl (C=O) groups excluding carboxylic acids is 1.